The van der Waals surface area contributed by atoms with Crippen molar-refractivity contribution >= 4 is 11.8 Å². The minimum atomic E-state index is -0.0765. The lowest BCUT2D eigenvalue weighted by Crippen LogP contribution is -2.45. The van der Waals surface area contributed by atoms with Gasteiger partial charge in [0.05, 0.1) is 19.7 Å². The number of ether oxygens (including phenoxy) is 1. The molecule has 1 atom stereocenters. The van der Waals surface area contributed by atoms with E-state index < -0.39 is 0 Å². The van der Waals surface area contributed by atoms with Gasteiger partial charge < -0.3 is 15.0 Å². The molecule has 6 heteroatoms. The van der Waals surface area contributed by atoms with Crippen molar-refractivity contribution in [3.05, 3.63) is 29.8 Å². The van der Waals surface area contributed by atoms with E-state index in [4.69, 9.17) is 4.74 Å². The fourth-order valence-corrected chi connectivity index (χ4v) is 3.83. The van der Waals surface area contributed by atoms with Gasteiger partial charge in [0, 0.05) is 19.5 Å². The molecule has 2 fully saturated rings. The number of hydrogen-bond acceptors (Lipinski definition) is 4. The largest absolute Gasteiger partial charge is 0.497 e. The van der Waals surface area contributed by atoms with Crippen LogP contribution in [0.25, 0.3) is 0 Å². The summed E-state index contributed by atoms with van der Waals surface area (Å²) in [6, 6.07) is 8.19. The lowest BCUT2D eigenvalue weighted by molar-refractivity contribution is -0.137. The molecule has 0 saturated carbocycles. The molecule has 1 aromatic carbocycles. The fraction of sp³-hybridized carbons (Fsp3) is 0.600. The van der Waals surface area contributed by atoms with E-state index in [1.807, 2.05) is 18.2 Å². The van der Waals surface area contributed by atoms with Crippen LogP contribution < -0.4 is 10.1 Å². The summed E-state index contributed by atoms with van der Waals surface area (Å²) >= 11 is 0. The van der Waals surface area contributed by atoms with Crippen LogP contribution in [0, 0.1) is 0 Å². The zero-order valence-corrected chi connectivity index (χ0v) is 15.6. The predicted molar refractivity (Wildman–Crippen MR) is 100.0 cm³/mol. The first-order valence-electron chi connectivity index (χ1n) is 9.60. The van der Waals surface area contributed by atoms with Gasteiger partial charge in [0.15, 0.2) is 0 Å². The quantitative estimate of drug-likeness (QED) is 0.808. The molecular formula is C20H29N3O3. The zero-order chi connectivity index (χ0) is 18.4. The van der Waals surface area contributed by atoms with Gasteiger partial charge in [0.1, 0.15) is 5.75 Å². The molecule has 0 radical (unpaired) electrons. The van der Waals surface area contributed by atoms with E-state index >= 15 is 0 Å². The number of amides is 2. The summed E-state index contributed by atoms with van der Waals surface area (Å²) in [4.78, 5) is 28.4. The average molecular weight is 359 g/mol. The molecule has 0 aromatic heterocycles. The standard InChI is InChI=1S/C20H29N3O3/c1-26-17-8-6-7-16(13-17)18(22-10-4-5-11-22)14-21-19(24)15-23-12-3-2-9-20(23)25/h6-8,13,18H,2-5,9-12,14-15H2,1H3,(H,21,24). The van der Waals surface area contributed by atoms with Gasteiger partial charge >= 0.3 is 0 Å². The van der Waals surface area contributed by atoms with Crippen LogP contribution in [0.3, 0.4) is 0 Å². The molecule has 0 aliphatic carbocycles. The molecule has 1 aromatic rings. The number of benzene rings is 1. The summed E-state index contributed by atoms with van der Waals surface area (Å²) in [5, 5.41) is 3.05. The average Bonchev–Trinajstić information content (AvgIpc) is 3.18. The van der Waals surface area contributed by atoms with Gasteiger partial charge in [-0.1, -0.05) is 12.1 Å². The second kappa shape index (κ2) is 9.03. The van der Waals surface area contributed by atoms with E-state index in [2.05, 4.69) is 16.3 Å². The third-order valence-electron chi connectivity index (χ3n) is 5.31. The number of carbonyl (C=O) groups is 2. The van der Waals surface area contributed by atoms with Crippen LogP contribution in [0.4, 0.5) is 0 Å². The van der Waals surface area contributed by atoms with Crippen LogP contribution in [0.5, 0.6) is 5.75 Å². The lowest BCUT2D eigenvalue weighted by atomic mass is 10.0. The Hall–Kier alpha value is -2.08. The number of hydrogen-bond donors (Lipinski definition) is 1. The van der Waals surface area contributed by atoms with Crippen LogP contribution in [-0.2, 0) is 9.59 Å². The summed E-state index contributed by atoms with van der Waals surface area (Å²) < 4.78 is 5.36. The lowest BCUT2D eigenvalue weighted by Gasteiger charge is -2.30. The van der Waals surface area contributed by atoms with Crippen LogP contribution in [0.15, 0.2) is 24.3 Å². The Bertz CT molecular complexity index is 628. The minimum absolute atomic E-state index is 0.0765. The number of rotatable bonds is 7. The van der Waals surface area contributed by atoms with Gasteiger partial charge in [0.25, 0.3) is 0 Å². The first-order valence-corrected chi connectivity index (χ1v) is 9.60. The first-order chi connectivity index (χ1) is 12.7. The van der Waals surface area contributed by atoms with Crippen LogP contribution in [-0.4, -0.2) is 61.4 Å². The van der Waals surface area contributed by atoms with E-state index in [-0.39, 0.29) is 24.4 Å². The Morgan fingerprint density at radius 1 is 1.19 bits per heavy atom. The van der Waals surface area contributed by atoms with Crippen molar-refractivity contribution in [2.45, 2.75) is 38.1 Å². The maximum absolute atomic E-state index is 12.4. The van der Waals surface area contributed by atoms with Gasteiger partial charge in [-0.05, 0) is 56.5 Å². The number of methoxy groups -OCH3 is 1. The molecule has 1 N–H and O–H groups in total. The van der Waals surface area contributed by atoms with Gasteiger partial charge in [-0.25, -0.2) is 0 Å². The Morgan fingerprint density at radius 2 is 1.96 bits per heavy atom. The van der Waals surface area contributed by atoms with E-state index in [1.165, 1.54) is 12.8 Å². The topological polar surface area (TPSA) is 61.9 Å². The summed E-state index contributed by atoms with van der Waals surface area (Å²) in [6.45, 7) is 3.50. The third kappa shape index (κ3) is 4.75. The molecule has 0 bridgehead atoms. The normalized spacial score (nSPS) is 19.4. The van der Waals surface area contributed by atoms with Crippen molar-refractivity contribution in [3.8, 4) is 5.75 Å². The monoisotopic (exact) mass is 359 g/mol. The Balaban J connectivity index is 1.62. The van der Waals surface area contributed by atoms with Crippen LogP contribution in [0.2, 0.25) is 0 Å². The molecule has 142 valence electrons. The number of nitrogens with one attached hydrogen (secondary N) is 1. The van der Waals surface area contributed by atoms with Crippen LogP contribution in [0.1, 0.15) is 43.7 Å². The Labute approximate surface area is 155 Å². The highest BCUT2D eigenvalue weighted by Gasteiger charge is 2.25. The third-order valence-corrected chi connectivity index (χ3v) is 5.31. The molecule has 0 spiro atoms. The Morgan fingerprint density at radius 3 is 2.69 bits per heavy atom. The predicted octanol–water partition coefficient (Wildman–Crippen LogP) is 1.96. The van der Waals surface area contributed by atoms with Crippen molar-refractivity contribution in [3.63, 3.8) is 0 Å². The fourth-order valence-electron chi connectivity index (χ4n) is 3.83. The van der Waals surface area contributed by atoms with E-state index in [0.717, 1.165) is 37.2 Å². The summed E-state index contributed by atoms with van der Waals surface area (Å²) in [6.07, 6.45) is 4.87. The maximum atomic E-state index is 12.4. The second-order valence-corrected chi connectivity index (χ2v) is 7.11. The van der Waals surface area contributed by atoms with Crippen molar-refractivity contribution < 1.29 is 14.3 Å². The van der Waals surface area contributed by atoms with Crippen molar-refractivity contribution in [1.82, 2.24) is 15.1 Å². The molecule has 2 aliphatic heterocycles. The van der Waals surface area contributed by atoms with E-state index in [0.29, 0.717) is 19.5 Å². The highest BCUT2D eigenvalue weighted by molar-refractivity contribution is 5.85. The highest BCUT2D eigenvalue weighted by atomic mass is 16.5. The molecule has 2 heterocycles. The summed E-state index contributed by atoms with van der Waals surface area (Å²) in [5.74, 6) is 0.847. The number of nitrogens with zero attached hydrogens (tertiary/aromatic N) is 2. The van der Waals surface area contributed by atoms with Gasteiger partial charge in [-0.15, -0.1) is 0 Å². The molecule has 1 unspecified atom stereocenters. The second-order valence-electron chi connectivity index (χ2n) is 7.11. The van der Waals surface area contributed by atoms with Crippen molar-refractivity contribution in [1.29, 1.82) is 0 Å². The van der Waals surface area contributed by atoms with E-state index in [9.17, 15) is 9.59 Å². The number of likely N-dealkylation sites (tertiary alicyclic amines) is 2. The molecule has 26 heavy (non-hydrogen) atoms. The number of piperidine rings is 1. The van der Waals surface area contributed by atoms with Crippen molar-refractivity contribution in [2.24, 2.45) is 0 Å². The SMILES string of the molecule is COc1cccc(C(CNC(=O)CN2CCCCC2=O)N2CCCC2)c1. The summed E-state index contributed by atoms with van der Waals surface area (Å²) in [5.41, 5.74) is 1.15. The molecule has 3 rings (SSSR count). The minimum Gasteiger partial charge on any atom is -0.497 e. The molecule has 2 aliphatic rings. The van der Waals surface area contributed by atoms with Gasteiger partial charge in [-0.3, -0.25) is 14.5 Å². The zero-order valence-electron chi connectivity index (χ0n) is 15.6. The molecular weight excluding hydrogens is 330 g/mol. The Kier molecular flexibility index (Phi) is 6.50. The molecule has 2 saturated heterocycles. The maximum Gasteiger partial charge on any atom is 0.239 e. The van der Waals surface area contributed by atoms with Crippen LogP contribution >= 0.6 is 0 Å². The highest BCUT2D eigenvalue weighted by Crippen LogP contribution is 2.27. The van der Waals surface area contributed by atoms with Crippen molar-refractivity contribution in [2.75, 3.05) is 39.8 Å². The molecule has 6 nitrogen and oxygen atoms in total. The smallest absolute Gasteiger partial charge is 0.239 e. The van der Waals surface area contributed by atoms with Gasteiger partial charge in [-0.2, -0.15) is 0 Å². The first kappa shape index (κ1) is 18.7. The summed E-state index contributed by atoms with van der Waals surface area (Å²) in [7, 11) is 1.67. The van der Waals surface area contributed by atoms with Gasteiger partial charge in [0.2, 0.25) is 11.8 Å². The van der Waals surface area contributed by atoms with E-state index in [1.54, 1.807) is 12.0 Å². The number of carbonyl (C=O) groups excluding carboxylic acids is 2. The molecule has 2 amide bonds.